The van der Waals surface area contributed by atoms with E-state index in [1.165, 1.54) is 5.56 Å². The highest BCUT2D eigenvalue weighted by Crippen LogP contribution is 2.11. The smallest absolute Gasteiger partial charge is 0.255 e. The van der Waals surface area contributed by atoms with Crippen LogP contribution in [0.15, 0.2) is 79.4 Å². The van der Waals surface area contributed by atoms with Gasteiger partial charge in [0.15, 0.2) is 0 Å². The highest BCUT2D eigenvalue weighted by atomic mass is 16.2. The minimum atomic E-state index is -0.0112. The summed E-state index contributed by atoms with van der Waals surface area (Å²) in [5.41, 5.74) is 2.84. The summed E-state index contributed by atoms with van der Waals surface area (Å²) < 4.78 is 0. The third-order valence-corrected chi connectivity index (χ3v) is 3.81. The lowest BCUT2D eigenvalue weighted by Crippen LogP contribution is -2.32. The Morgan fingerprint density at radius 1 is 0.833 bits per heavy atom. The Morgan fingerprint density at radius 2 is 1.54 bits per heavy atom. The molecule has 4 heteroatoms. The molecule has 1 aromatic carbocycles. The highest BCUT2D eigenvalue weighted by molar-refractivity contribution is 5.93. The van der Waals surface area contributed by atoms with Gasteiger partial charge in [0.05, 0.1) is 5.56 Å². The number of rotatable bonds is 6. The van der Waals surface area contributed by atoms with E-state index in [0.29, 0.717) is 18.7 Å². The van der Waals surface area contributed by atoms with Crippen molar-refractivity contribution in [1.82, 2.24) is 14.9 Å². The van der Waals surface area contributed by atoms with Crippen LogP contribution in [-0.4, -0.2) is 27.3 Å². The van der Waals surface area contributed by atoms with Gasteiger partial charge < -0.3 is 4.90 Å². The van der Waals surface area contributed by atoms with E-state index in [1.54, 1.807) is 36.9 Å². The number of aromatic nitrogens is 2. The molecule has 0 fully saturated rings. The van der Waals surface area contributed by atoms with Gasteiger partial charge in [0, 0.05) is 37.9 Å². The van der Waals surface area contributed by atoms with Crippen LogP contribution in [0.25, 0.3) is 0 Å². The second-order valence-corrected chi connectivity index (χ2v) is 5.57. The predicted octanol–water partition coefficient (Wildman–Crippen LogP) is 3.36. The lowest BCUT2D eigenvalue weighted by atomic mass is 10.1. The number of carbonyl (C=O) groups excluding carboxylic acids is 1. The van der Waals surface area contributed by atoms with Crippen molar-refractivity contribution in [3.05, 3.63) is 96.1 Å². The average Bonchev–Trinajstić information content (AvgIpc) is 2.67. The Bertz CT molecular complexity index is 761. The van der Waals surface area contributed by atoms with E-state index < -0.39 is 0 Å². The lowest BCUT2D eigenvalue weighted by molar-refractivity contribution is 0.0744. The van der Waals surface area contributed by atoms with Crippen LogP contribution in [0.1, 0.15) is 21.5 Å². The summed E-state index contributed by atoms with van der Waals surface area (Å²) in [6.45, 7) is 1.18. The molecular formula is C20H19N3O. The van der Waals surface area contributed by atoms with E-state index >= 15 is 0 Å². The van der Waals surface area contributed by atoms with Crippen molar-refractivity contribution in [3.8, 4) is 0 Å². The molecule has 0 unspecified atom stereocenters. The minimum absolute atomic E-state index is 0.0112. The molecule has 3 rings (SSSR count). The van der Waals surface area contributed by atoms with Crippen molar-refractivity contribution < 1.29 is 4.79 Å². The predicted molar refractivity (Wildman–Crippen MR) is 93.4 cm³/mol. The van der Waals surface area contributed by atoms with Crippen LogP contribution in [-0.2, 0) is 13.0 Å². The Hall–Kier alpha value is -3.01. The summed E-state index contributed by atoms with van der Waals surface area (Å²) in [4.78, 5) is 22.9. The van der Waals surface area contributed by atoms with Gasteiger partial charge in [-0.1, -0.05) is 36.4 Å². The quantitative estimate of drug-likeness (QED) is 0.700. The Kier molecular flexibility index (Phi) is 5.30. The van der Waals surface area contributed by atoms with Crippen LogP contribution < -0.4 is 0 Å². The van der Waals surface area contributed by atoms with Crippen molar-refractivity contribution in [2.24, 2.45) is 0 Å². The zero-order chi connectivity index (χ0) is 16.6. The van der Waals surface area contributed by atoms with Crippen molar-refractivity contribution in [3.63, 3.8) is 0 Å². The van der Waals surface area contributed by atoms with Gasteiger partial charge in [-0.05, 0) is 35.7 Å². The molecule has 0 bridgehead atoms. The fraction of sp³-hybridized carbons (Fsp3) is 0.150. The molecule has 0 aliphatic heterocycles. The topological polar surface area (TPSA) is 46.1 Å². The fourth-order valence-electron chi connectivity index (χ4n) is 2.55. The van der Waals surface area contributed by atoms with Crippen LogP contribution in [0, 0.1) is 0 Å². The normalized spacial score (nSPS) is 10.3. The Morgan fingerprint density at radius 3 is 2.21 bits per heavy atom. The van der Waals surface area contributed by atoms with Crippen LogP contribution >= 0.6 is 0 Å². The molecule has 0 saturated carbocycles. The summed E-state index contributed by atoms with van der Waals surface area (Å²) in [7, 11) is 0. The van der Waals surface area contributed by atoms with E-state index in [2.05, 4.69) is 22.1 Å². The van der Waals surface area contributed by atoms with Crippen LogP contribution in [0.5, 0.6) is 0 Å². The third-order valence-electron chi connectivity index (χ3n) is 3.81. The molecule has 0 radical (unpaired) electrons. The van der Waals surface area contributed by atoms with Crippen molar-refractivity contribution in [2.45, 2.75) is 13.0 Å². The van der Waals surface area contributed by atoms with E-state index in [-0.39, 0.29) is 5.91 Å². The van der Waals surface area contributed by atoms with Gasteiger partial charge in [-0.15, -0.1) is 0 Å². The largest absolute Gasteiger partial charge is 0.334 e. The molecule has 0 spiro atoms. The molecule has 4 nitrogen and oxygen atoms in total. The van der Waals surface area contributed by atoms with Crippen LogP contribution in [0.3, 0.4) is 0 Å². The third kappa shape index (κ3) is 4.26. The SMILES string of the molecule is O=C(c1cccnc1)N(CCc1ccccc1)Cc1cccnc1. The lowest BCUT2D eigenvalue weighted by Gasteiger charge is -2.23. The summed E-state index contributed by atoms with van der Waals surface area (Å²) in [5.74, 6) is -0.0112. The molecule has 24 heavy (non-hydrogen) atoms. The van der Waals surface area contributed by atoms with Gasteiger partial charge in [-0.3, -0.25) is 14.8 Å². The van der Waals surface area contributed by atoms with Gasteiger partial charge in [0.1, 0.15) is 0 Å². The molecule has 120 valence electrons. The van der Waals surface area contributed by atoms with E-state index in [1.807, 2.05) is 35.2 Å². The second kappa shape index (κ2) is 8.02. The number of hydrogen-bond donors (Lipinski definition) is 0. The first kappa shape index (κ1) is 15.9. The van der Waals surface area contributed by atoms with Gasteiger partial charge >= 0.3 is 0 Å². The maximum Gasteiger partial charge on any atom is 0.255 e. The van der Waals surface area contributed by atoms with E-state index in [4.69, 9.17) is 0 Å². The molecule has 2 aromatic heterocycles. The number of benzene rings is 1. The van der Waals surface area contributed by atoms with Gasteiger partial charge in [-0.25, -0.2) is 0 Å². The van der Waals surface area contributed by atoms with Crippen molar-refractivity contribution in [2.75, 3.05) is 6.54 Å². The summed E-state index contributed by atoms with van der Waals surface area (Å²) in [5, 5.41) is 0. The van der Waals surface area contributed by atoms with E-state index in [0.717, 1.165) is 12.0 Å². The molecule has 2 heterocycles. The molecule has 1 amide bonds. The molecule has 0 N–H and O–H groups in total. The minimum Gasteiger partial charge on any atom is -0.334 e. The first-order valence-corrected chi connectivity index (χ1v) is 7.95. The van der Waals surface area contributed by atoms with Crippen LogP contribution in [0.2, 0.25) is 0 Å². The zero-order valence-electron chi connectivity index (χ0n) is 13.4. The molecule has 0 atom stereocenters. The summed E-state index contributed by atoms with van der Waals surface area (Å²) >= 11 is 0. The Balaban J connectivity index is 1.76. The summed E-state index contributed by atoms with van der Waals surface area (Å²) in [6.07, 6.45) is 7.63. The number of amides is 1. The zero-order valence-corrected chi connectivity index (χ0v) is 13.4. The average molecular weight is 317 g/mol. The maximum atomic E-state index is 12.8. The molecule has 0 aliphatic rings. The second-order valence-electron chi connectivity index (χ2n) is 5.57. The number of nitrogens with zero attached hydrogens (tertiary/aromatic N) is 3. The number of pyridine rings is 2. The molecule has 0 aliphatic carbocycles. The maximum absolute atomic E-state index is 12.8. The standard InChI is InChI=1S/C20H19N3O/c24-20(19-9-5-12-22-15-19)23(16-18-8-4-11-21-14-18)13-10-17-6-2-1-3-7-17/h1-9,11-12,14-15H,10,13,16H2. The van der Waals surface area contributed by atoms with Gasteiger partial charge in [0.25, 0.3) is 5.91 Å². The van der Waals surface area contributed by atoms with Gasteiger partial charge in [-0.2, -0.15) is 0 Å². The van der Waals surface area contributed by atoms with Crippen molar-refractivity contribution >= 4 is 5.91 Å². The summed E-state index contributed by atoms with van der Waals surface area (Å²) in [6, 6.07) is 17.7. The van der Waals surface area contributed by atoms with Crippen LogP contribution in [0.4, 0.5) is 0 Å². The molecular weight excluding hydrogens is 298 g/mol. The van der Waals surface area contributed by atoms with Gasteiger partial charge in [0.2, 0.25) is 0 Å². The number of carbonyl (C=O) groups is 1. The first-order chi connectivity index (χ1) is 11.8. The molecule has 3 aromatic rings. The fourth-order valence-corrected chi connectivity index (χ4v) is 2.55. The molecule has 0 saturated heterocycles. The van der Waals surface area contributed by atoms with Crippen molar-refractivity contribution in [1.29, 1.82) is 0 Å². The monoisotopic (exact) mass is 317 g/mol. The first-order valence-electron chi connectivity index (χ1n) is 7.95. The number of hydrogen-bond acceptors (Lipinski definition) is 3. The Labute approximate surface area is 141 Å². The highest BCUT2D eigenvalue weighted by Gasteiger charge is 2.16. The van der Waals surface area contributed by atoms with E-state index in [9.17, 15) is 4.79 Å².